The first-order chi connectivity index (χ1) is 3.84. The minimum atomic E-state index is 0.729. The van der Waals surface area contributed by atoms with E-state index < -0.39 is 0 Å². The smallest absolute Gasteiger partial charge is 0.0156 e. The molecule has 0 aromatic rings. The molecule has 2 heteroatoms. The molecule has 0 radical (unpaired) electrons. The van der Waals surface area contributed by atoms with Crippen molar-refractivity contribution < 1.29 is 0 Å². The van der Waals surface area contributed by atoms with Crippen molar-refractivity contribution in [2.24, 2.45) is 16.2 Å². The van der Waals surface area contributed by atoms with Crippen LogP contribution in [-0.4, -0.2) is 6.21 Å². The molecule has 2 atom stereocenters. The third kappa shape index (κ3) is 1.05. The second-order valence-corrected chi connectivity index (χ2v) is 2.71. The molecular formula is C6H11NS. The molecule has 8 heavy (non-hydrogen) atoms. The average molecular weight is 129 g/mol. The normalized spacial score (nSPS) is 37.8. The number of thiol groups is 1. The third-order valence-electron chi connectivity index (χ3n) is 1.94. The Morgan fingerprint density at radius 1 is 1.62 bits per heavy atom. The van der Waals surface area contributed by atoms with Gasteiger partial charge in [-0.15, -0.1) is 0 Å². The fourth-order valence-corrected chi connectivity index (χ4v) is 1.17. The molecule has 1 aliphatic carbocycles. The van der Waals surface area contributed by atoms with Crippen molar-refractivity contribution in [3.8, 4) is 0 Å². The Kier molecular flexibility index (Phi) is 1.95. The van der Waals surface area contributed by atoms with Crippen LogP contribution in [0, 0.1) is 11.8 Å². The van der Waals surface area contributed by atoms with Crippen molar-refractivity contribution in [2.45, 2.75) is 19.8 Å². The highest BCUT2D eigenvalue weighted by molar-refractivity contribution is 7.78. The van der Waals surface area contributed by atoms with Gasteiger partial charge in [0.2, 0.25) is 0 Å². The summed E-state index contributed by atoms with van der Waals surface area (Å²) in [4.78, 5) is 0. The van der Waals surface area contributed by atoms with Crippen LogP contribution < -0.4 is 0 Å². The summed E-state index contributed by atoms with van der Waals surface area (Å²) >= 11 is 3.76. The number of rotatable bonds is 1. The van der Waals surface area contributed by atoms with Gasteiger partial charge in [-0.05, 0) is 37.5 Å². The zero-order chi connectivity index (χ0) is 5.98. The van der Waals surface area contributed by atoms with E-state index >= 15 is 0 Å². The second-order valence-electron chi connectivity index (χ2n) is 2.48. The summed E-state index contributed by atoms with van der Waals surface area (Å²) in [7, 11) is 0. The van der Waals surface area contributed by atoms with E-state index in [0.717, 1.165) is 11.8 Å². The van der Waals surface area contributed by atoms with E-state index in [-0.39, 0.29) is 0 Å². The monoisotopic (exact) mass is 129 g/mol. The van der Waals surface area contributed by atoms with E-state index in [1.54, 1.807) is 0 Å². The summed E-state index contributed by atoms with van der Waals surface area (Å²) < 4.78 is 3.68. The molecule has 0 heterocycles. The van der Waals surface area contributed by atoms with E-state index in [4.69, 9.17) is 0 Å². The van der Waals surface area contributed by atoms with Crippen molar-refractivity contribution in [3.05, 3.63) is 0 Å². The van der Waals surface area contributed by atoms with E-state index in [0.29, 0.717) is 0 Å². The van der Waals surface area contributed by atoms with Crippen LogP contribution in [0.5, 0.6) is 0 Å². The van der Waals surface area contributed by atoms with Crippen LogP contribution in [0.4, 0.5) is 0 Å². The number of hydrogen-bond acceptors (Lipinski definition) is 2. The summed E-state index contributed by atoms with van der Waals surface area (Å²) in [5.74, 6) is 1.58. The molecule has 1 fully saturated rings. The second kappa shape index (κ2) is 2.53. The Bertz CT molecular complexity index is 101. The Morgan fingerprint density at radius 3 is 2.50 bits per heavy atom. The first-order valence-corrected chi connectivity index (χ1v) is 3.42. The van der Waals surface area contributed by atoms with Crippen molar-refractivity contribution >= 4 is 19.0 Å². The molecule has 0 bridgehead atoms. The molecule has 0 N–H and O–H groups in total. The lowest BCUT2D eigenvalue weighted by Crippen LogP contribution is -2.23. The quantitative estimate of drug-likeness (QED) is 0.410. The zero-order valence-electron chi connectivity index (χ0n) is 5.04. The molecular weight excluding hydrogens is 118 g/mol. The van der Waals surface area contributed by atoms with Gasteiger partial charge in [0.15, 0.2) is 0 Å². The molecule has 0 aromatic carbocycles. The number of nitrogens with zero attached hydrogens (tertiary/aromatic N) is 1. The fourth-order valence-electron chi connectivity index (χ4n) is 1.000. The lowest BCUT2D eigenvalue weighted by molar-refractivity contribution is 0.278. The summed E-state index contributed by atoms with van der Waals surface area (Å²) in [5, 5.41) is 0. The maximum atomic E-state index is 3.76. The van der Waals surface area contributed by atoms with E-state index in [9.17, 15) is 0 Å². The molecule has 1 rings (SSSR count). The summed E-state index contributed by atoms with van der Waals surface area (Å²) in [6, 6.07) is 0. The van der Waals surface area contributed by atoms with Gasteiger partial charge in [0.1, 0.15) is 0 Å². The Balaban J connectivity index is 2.27. The van der Waals surface area contributed by atoms with Gasteiger partial charge in [0.25, 0.3) is 0 Å². The predicted octanol–water partition coefficient (Wildman–Crippen LogP) is 1.95. The summed E-state index contributed by atoms with van der Waals surface area (Å²) in [6.07, 6.45) is 4.62. The number of hydrogen-bond donors (Lipinski definition) is 1. The highest BCUT2D eigenvalue weighted by Gasteiger charge is 2.24. The van der Waals surface area contributed by atoms with Crippen LogP contribution in [0.1, 0.15) is 19.8 Å². The SMILES string of the molecule is C[C@@H]1CCC1C=NS. The molecule has 0 saturated heterocycles. The minimum absolute atomic E-state index is 0.729. The highest BCUT2D eigenvalue weighted by Crippen LogP contribution is 2.31. The topological polar surface area (TPSA) is 12.4 Å². The van der Waals surface area contributed by atoms with Crippen LogP contribution >= 0.6 is 12.8 Å². The molecule has 0 aliphatic heterocycles. The van der Waals surface area contributed by atoms with Crippen LogP contribution in [0.3, 0.4) is 0 Å². The van der Waals surface area contributed by atoms with E-state index in [2.05, 4.69) is 24.1 Å². The van der Waals surface area contributed by atoms with Gasteiger partial charge in [-0.1, -0.05) is 6.92 Å². The van der Waals surface area contributed by atoms with Crippen molar-refractivity contribution in [1.82, 2.24) is 0 Å². The van der Waals surface area contributed by atoms with Crippen LogP contribution in [0.25, 0.3) is 0 Å². The largest absolute Gasteiger partial charge is 0.232 e. The van der Waals surface area contributed by atoms with E-state index in [1.807, 2.05) is 6.21 Å². The third-order valence-corrected chi connectivity index (χ3v) is 2.08. The lowest BCUT2D eigenvalue weighted by Gasteiger charge is -2.29. The Labute approximate surface area is 55.7 Å². The zero-order valence-corrected chi connectivity index (χ0v) is 5.94. The molecule has 0 spiro atoms. The highest BCUT2D eigenvalue weighted by atomic mass is 32.1. The summed E-state index contributed by atoms with van der Waals surface area (Å²) in [6.45, 7) is 2.25. The molecule has 0 aromatic heterocycles. The van der Waals surface area contributed by atoms with Gasteiger partial charge in [-0.2, -0.15) is 0 Å². The van der Waals surface area contributed by atoms with Gasteiger partial charge >= 0.3 is 0 Å². The Hall–Kier alpha value is 0.0200. The standard InChI is InChI=1S/C6H11NS/c1-5-2-3-6(5)4-7-8/h4-6,8H,2-3H2,1H3/t5-,6?/m1/s1. The molecule has 0 amide bonds. The Morgan fingerprint density at radius 2 is 2.38 bits per heavy atom. The van der Waals surface area contributed by atoms with E-state index in [1.165, 1.54) is 12.8 Å². The first kappa shape index (κ1) is 6.14. The van der Waals surface area contributed by atoms with Gasteiger partial charge in [-0.25, -0.2) is 4.40 Å². The van der Waals surface area contributed by atoms with Crippen molar-refractivity contribution in [3.63, 3.8) is 0 Å². The average Bonchev–Trinajstić information content (AvgIpc) is 1.79. The first-order valence-electron chi connectivity index (χ1n) is 3.02. The molecule has 1 aliphatic rings. The molecule has 46 valence electrons. The summed E-state index contributed by atoms with van der Waals surface area (Å²) in [5.41, 5.74) is 0. The van der Waals surface area contributed by atoms with Gasteiger partial charge in [0, 0.05) is 6.21 Å². The van der Waals surface area contributed by atoms with Crippen LogP contribution in [0.2, 0.25) is 0 Å². The van der Waals surface area contributed by atoms with Crippen molar-refractivity contribution in [2.75, 3.05) is 0 Å². The molecule has 1 saturated carbocycles. The fraction of sp³-hybridized carbons (Fsp3) is 0.833. The van der Waals surface area contributed by atoms with Gasteiger partial charge in [-0.3, -0.25) is 0 Å². The van der Waals surface area contributed by atoms with Crippen LogP contribution in [-0.2, 0) is 0 Å². The van der Waals surface area contributed by atoms with Crippen molar-refractivity contribution in [1.29, 1.82) is 0 Å². The minimum Gasteiger partial charge on any atom is -0.232 e. The maximum Gasteiger partial charge on any atom is 0.0156 e. The van der Waals surface area contributed by atoms with Gasteiger partial charge < -0.3 is 0 Å². The van der Waals surface area contributed by atoms with Crippen LogP contribution in [0.15, 0.2) is 4.40 Å². The maximum absolute atomic E-state index is 3.76. The predicted molar refractivity (Wildman–Crippen MR) is 39.4 cm³/mol. The molecule has 1 unspecified atom stereocenters. The van der Waals surface area contributed by atoms with Gasteiger partial charge in [0.05, 0.1) is 0 Å². The molecule has 1 nitrogen and oxygen atoms in total. The lowest BCUT2D eigenvalue weighted by atomic mass is 9.76.